The number of nitrogens with zero attached hydrogens (tertiary/aromatic N) is 2. The van der Waals surface area contributed by atoms with Crippen molar-refractivity contribution in [3.63, 3.8) is 0 Å². The number of benzene rings is 2. The summed E-state index contributed by atoms with van der Waals surface area (Å²) in [5.41, 5.74) is 1.20. The normalized spacial score (nSPS) is 11.7. The van der Waals surface area contributed by atoms with Gasteiger partial charge in [0.05, 0.1) is 11.0 Å². The molecule has 29 heavy (non-hydrogen) atoms. The number of aryl methyl sites for hydroxylation is 4. The Kier molecular flexibility index (Phi) is 5.21. The minimum atomic E-state index is -4.92. The van der Waals surface area contributed by atoms with E-state index in [4.69, 9.17) is 0 Å². The molecule has 0 atom stereocenters. The van der Waals surface area contributed by atoms with Crippen molar-refractivity contribution in [2.24, 2.45) is 0 Å². The zero-order chi connectivity index (χ0) is 21.5. The third-order valence-electron chi connectivity index (χ3n) is 4.79. The van der Waals surface area contributed by atoms with Gasteiger partial charge in [0.25, 0.3) is 5.56 Å². The Morgan fingerprint density at radius 2 is 1.69 bits per heavy atom. The molecule has 0 saturated carbocycles. The highest BCUT2D eigenvalue weighted by molar-refractivity contribution is 5.92. The van der Waals surface area contributed by atoms with Crippen LogP contribution in [0.1, 0.15) is 27.9 Å². The first-order valence-electron chi connectivity index (χ1n) is 8.93. The Morgan fingerprint density at radius 3 is 2.31 bits per heavy atom. The third kappa shape index (κ3) is 4.16. The van der Waals surface area contributed by atoms with Gasteiger partial charge in [-0.3, -0.25) is 14.2 Å². The number of nitrogens with one attached hydrogen (secondary N) is 1. The van der Waals surface area contributed by atoms with E-state index in [1.165, 1.54) is 6.07 Å². The van der Waals surface area contributed by atoms with Crippen molar-refractivity contribution < 1.29 is 18.0 Å². The van der Waals surface area contributed by atoms with Gasteiger partial charge in [0.15, 0.2) is 0 Å². The van der Waals surface area contributed by atoms with E-state index in [1.54, 1.807) is 26.0 Å². The number of hydrogen-bond donors (Lipinski definition) is 1. The van der Waals surface area contributed by atoms with Gasteiger partial charge in [-0.05, 0) is 62.6 Å². The van der Waals surface area contributed by atoms with Gasteiger partial charge in [0.1, 0.15) is 6.54 Å². The Balaban J connectivity index is 2.09. The summed E-state index contributed by atoms with van der Waals surface area (Å²) in [6.45, 7) is 6.68. The van der Waals surface area contributed by atoms with Crippen LogP contribution in [0.4, 0.5) is 18.9 Å². The molecule has 0 aliphatic heterocycles. The van der Waals surface area contributed by atoms with Crippen LogP contribution in [0.15, 0.2) is 35.1 Å². The van der Waals surface area contributed by atoms with Crippen molar-refractivity contribution in [3.05, 3.63) is 68.6 Å². The van der Waals surface area contributed by atoms with Gasteiger partial charge >= 0.3 is 6.18 Å². The molecule has 1 heterocycles. The summed E-state index contributed by atoms with van der Waals surface area (Å²) in [4.78, 5) is 28.6. The fourth-order valence-corrected chi connectivity index (χ4v) is 3.13. The lowest BCUT2D eigenvalue weighted by Crippen LogP contribution is -2.34. The fourth-order valence-electron chi connectivity index (χ4n) is 3.13. The number of carbonyl (C=O) groups is 1. The van der Waals surface area contributed by atoms with Gasteiger partial charge in [-0.1, -0.05) is 17.7 Å². The number of alkyl halides is 3. The van der Waals surface area contributed by atoms with Gasteiger partial charge in [0.2, 0.25) is 11.6 Å². The minimum absolute atomic E-state index is 0.0133. The van der Waals surface area contributed by atoms with Gasteiger partial charge in [-0.2, -0.15) is 13.2 Å². The summed E-state index contributed by atoms with van der Waals surface area (Å²) >= 11 is 0. The van der Waals surface area contributed by atoms with Crippen molar-refractivity contribution in [3.8, 4) is 0 Å². The molecule has 0 aliphatic rings. The first kappa shape index (κ1) is 20.6. The van der Waals surface area contributed by atoms with Gasteiger partial charge in [-0.15, -0.1) is 0 Å². The first-order valence-corrected chi connectivity index (χ1v) is 8.93. The van der Waals surface area contributed by atoms with Gasteiger partial charge in [0, 0.05) is 5.69 Å². The summed E-state index contributed by atoms with van der Waals surface area (Å²) in [5, 5.41) is 2.66. The molecule has 0 fully saturated rings. The van der Waals surface area contributed by atoms with Gasteiger partial charge in [-0.25, -0.2) is 4.98 Å². The van der Waals surface area contributed by atoms with Crippen LogP contribution in [0.5, 0.6) is 0 Å². The van der Waals surface area contributed by atoms with E-state index < -0.39 is 29.9 Å². The van der Waals surface area contributed by atoms with Crippen molar-refractivity contribution in [2.75, 3.05) is 5.32 Å². The maximum Gasteiger partial charge on any atom is 0.438 e. The lowest BCUT2D eigenvalue weighted by Gasteiger charge is -2.15. The van der Waals surface area contributed by atoms with Crippen molar-refractivity contribution >= 4 is 22.6 Å². The van der Waals surface area contributed by atoms with E-state index in [0.29, 0.717) is 5.69 Å². The second kappa shape index (κ2) is 7.35. The largest absolute Gasteiger partial charge is 0.438 e. The van der Waals surface area contributed by atoms with Crippen LogP contribution >= 0.6 is 0 Å². The lowest BCUT2D eigenvalue weighted by molar-refractivity contribution is -0.142. The third-order valence-corrected chi connectivity index (χ3v) is 4.79. The molecule has 0 spiro atoms. The summed E-state index contributed by atoms with van der Waals surface area (Å²) in [7, 11) is 0. The highest BCUT2D eigenvalue weighted by atomic mass is 19.4. The average molecular weight is 403 g/mol. The molecule has 5 nitrogen and oxygen atoms in total. The average Bonchev–Trinajstić information content (AvgIpc) is 2.60. The lowest BCUT2D eigenvalue weighted by atomic mass is 10.1. The van der Waals surface area contributed by atoms with Crippen molar-refractivity contribution in [1.82, 2.24) is 9.55 Å². The molecule has 1 N–H and O–H groups in total. The predicted octanol–water partition coefficient (Wildman–Crippen LogP) is 4.29. The Labute approximate surface area is 165 Å². The van der Waals surface area contributed by atoms with Gasteiger partial charge < -0.3 is 5.32 Å². The molecule has 3 rings (SSSR count). The molecule has 152 valence electrons. The fraction of sp³-hybridized carbons (Fsp3) is 0.286. The minimum Gasteiger partial charge on any atom is -0.324 e. The highest BCUT2D eigenvalue weighted by Gasteiger charge is 2.37. The number of fused-ring (bicyclic) bond motifs is 1. The number of anilines is 1. The molecule has 0 aliphatic carbocycles. The van der Waals surface area contributed by atoms with Crippen LogP contribution in [0.3, 0.4) is 0 Å². The summed E-state index contributed by atoms with van der Waals surface area (Å²) < 4.78 is 40.8. The SMILES string of the molecule is Cc1ccc(NC(=O)Cn2c(=O)c(C(F)(F)F)nc3cc(C)c(C)cc32)c(C)c1. The van der Waals surface area contributed by atoms with Crippen molar-refractivity contribution in [1.29, 1.82) is 0 Å². The second-order valence-corrected chi connectivity index (χ2v) is 7.14. The second-order valence-electron chi connectivity index (χ2n) is 7.14. The summed E-state index contributed by atoms with van der Waals surface area (Å²) in [6, 6.07) is 8.45. The smallest absolute Gasteiger partial charge is 0.324 e. The Hall–Kier alpha value is -3.16. The zero-order valence-corrected chi connectivity index (χ0v) is 16.4. The maximum absolute atomic E-state index is 13.3. The number of carbonyl (C=O) groups excluding carboxylic acids is 1. The zero-order valence-electron chi connectivity index (χ0n) is 16.4. The van der Waals surface area contributed by atoms with E-state index in [2.05, 4.69) is 10.3 Å². The molecule has 0 bridgehead atoms. The van der Waals surface area contributed by atoms with Crippen LogP contribution in [0.25, 0.3) is 11.0 Å². The Morgan fingerprint density at radius 1 is 1.03 bits per heavy atom. The van der Waals surface area contributed by atoms with E-state index in [9.17, 15) is 22.8 Å². The standard InChI is InChI=1S/C21H20F3N3O2/c1-11-5-6-15(14(4)7-11)25-18(28)10-27-17-9-13(3)12(2)8-16(17)26-19(20(27)29)21(22,23)24/h5-9H,10H2,1-4H3,(H,25,28). The molecule has 2 aromatic carbocycles. The molecule has 1 aromatic heterocycles. The topological polar surface area (TPSA) is 64.0 Å². The van der Waals surface area contributed by atoms with E-state index >= 15 is 0 Å². The van der Waals surface area contributed by atoms with E-state index in [1.807, 2.05) is 26.0 Å². The summed E-state index contributed by atoms with van der Waals surface area (Å²) in [5.74, 6) is -0.599. The maximum atomic E-state index is 13.3. The van der Waals surface area contributed by atoms with E-state index in [-0.39, 0.29) is 11.0 Å². The first-order chi connectivity index (χ1) is 13.5. The molecule has 3 aromatic rings. The molecule has 0 radical (unpaired) electrons. The predicted molar refractivity (Wildman–Crippen MR) is 105 cm³/mol. The molecular weight excluding hydrogens is 383 g/mol. The monoisotopic (exact) mass is 403 g/mol. The Bertz CT molecular complexity index is 1180. The van der Waals surface area contributed by atoms with Crippen LogP contribution in [0, 0.1) is 27.7 Å². The molecule has 1 amide bonds. The molecular formula is C21H20F3N3O2. The summed E-state index contributed by atoms with van der Waals surface area (Å²) in [6.07, 6.45) is -4.92. The number of aromatic nitrogens is 2. The molecule has 8 heteroatoms. The number of halogens is 3. The highest BCUT2D eigenvalue weighted by Crippen LogP contribution is 2.27. The van der Waals surface area contributed by atoms with Crippen LogP contribution in [0.2, 0.25) is 0 Å². The van der Waals surface area contributed by atoms with Crippen LogP contribution in [-0.2, 0) is 17.5 Å². The van der Waals surface area contributed by atoms with Crippen molar-refractivity contribution in [2.45, 2.75) is 40.4 Å². The number of rotatable bonds is 3. The molecule has 0 saturated heterocycles. The van der Waals surface area contributed by atoms with Crippen LogP contribution in [-0.4, -0.2) is 15.5 Å². The number of amides is 1. The van der Waals surface area contributed by atoms with Crippen LogP contribution < -0.4 is 10.9 Å². The van der Waals surface area contributed by atoms with E-state index in [0.717, 1.165) is 26.8 Å². The molecule has 0 unspecified atom stereocenters. The quantitative estimate of drug-likeness (QED) is 0.710. The number of hydrogen-bond acceptors (Lipinski definition) is 3.